The van der Waals surface area contributed by atoms with Crippen LogP contribution in [-0.4, -0.2) is 35.6 Å². The van der Waals surface area contributed by atoms with E-state index in [-0.39, 0.29) is 17.6 Å². The molecule has 0 atom stereocenters. The first kappa shape index (κ1) is 18.8. The second kappa shape index (κ2) is 8.16. The smallest absolute Gasteiger partial charge is 0.255 e. The number of carbonyl (C=O) groups excluding carboxylic acids is 3. The van der Waals surface area contributed by atoms with Crippen LogP contribution < -0.4 is 5.32 Å². The van der Waals surface area contributed by atoms with Crippen molar-refractivity contribution in [3.05, 3.63) is 65.2 Å². The Balaban J connectivity index is 1.63. The first-order valence-electron chi connectivity index (χ1n) is 9.26. The van der Waals surface area contributed by atoms with Gasteiger partial charge < -0.3 is 10.2 Å². The Morgan fingerprint density at radius 1 is 0.852 bits per heavy atom. The van der Waals surface area contributed by atoms with Crippen LogP contribution in [0.3, 0.4) is 0 Å². The number of piperidine rings is 1. The van der Waals surface area contributed by atoms with Gasteiger partial charge in [-0.25, -0.2) is 0 Å². The third-order valence-corrected chi connectivity index (χ3v) is 5.01. The molecule has 2 aromatic rings. The van der Waals surface area contributed by atoms with Crippen molar-refractivity contribution in [1.82, 2.24) is 4.90 Å². The number of hydrogen-bond donors (Lipinski definition) is 1. The number of rotatable bonds is 4. The summed E-state index contributed by atoms with van der Waals surface area (Å²) in [6, 6.07) is 13.5. The number of carbonyl (C=O) groups is 3. The van der Waals surface area contributed by atoms with Crippen LogP contribution in [0.25, 0.3) is 0 Å². The molecule has 0 bridgehead atoms. The van der Waals surface area contributed by atoms with E-state index in [4.69, 9.17) is 0 Å². The number of ketones is 1. The van der Waals surface area contributed by atoms with Crippen LogP contribution in [0.1, 0.15) is 57.8 Å². The molecule has 0 aliphatic carbocycles. The van der Waals surface area contributed by atoms with Crippen molar-refractivity contribution in [3.8, 4) is 0 Å². The fraction of sp³-hybridized carbons (Fsp3) is 0.318. The molecule has 3 rings (SSSR count). The molecule has 1 saturated heterocycles. The van der Waals surface area contributed by atoms with Gasteiger partial charge in [0.2, 0.25) is 0 Å². The molecule has 1 heterocycles. The summed E-state index contributed by atoms with van der Waals surface area (Å²) in [5.41, 5.74) is 2.30. The van der Waals surface area contributed by atoms with Gasteiger partial charge in [-0.05, 0) is 74.2 Å². The predicted octanol–water partition coefficient (Wildman–Crippen LogP) is 4.01. The average Bonchev–Trinajstić information content (AvgIpc) is 2.68. The maximum absolute atomic E-state index is 12.6. The van der Waals surface area contributed by atoms with Gasteiger partial charge in [-0.3, -0.25) is 14.4 Å². The Labute approximate surface area is 159 Å². The second-order valence-electron chi connectivity index (χ2n) is 7.14. The van der Waals surface area contributed by atoms with Crippen LogP contribution in [0.2, 0.25) is 0 Å². The third kappa shape index (κ3) is 4.61. The molecular formula is C22H24N2O3. The number of likely N-dealkylation sites (tertiary alicyclic amines) is 1. The number of nitrogens with zero attached hydrogens (tertiary/aromatic N) is 1. The fourth-order valence-corrected chi connectivity index (χ4v) is 3.15. The molecule has 0 spiro atoms. The van der Waals surface area contributed by atoms with Gasteiger partial charge in [0.25, 0.3) is 11.8 Å². The highest BCUT2D eigenvalue weighted by Crippen LogP contribution is 2.19. The summed E-state index contributed by atoms with van der Waals surface area (Å²) in [4.78, 5) is 38.1. The molecule has 0 saturated carbocycles. The van der Waals surface area contributed by atoms with E-state index in [1.165, 1.54) is 6.92 Å². The summed E-state index contributed by atoms with van der Waals surface area (Å²) >= 11 is 0. The molecule has 5 nitrogen and oxygen atoms in total. The van der Waals surface area contributed by atoms with Gasteiger partial charge in [-0.2, -0.15) is 0 Å². The van der Waals surface area contributed by atoms with E-state index < -0.39 is 0 Å². The molecular weight excluding hydrogens is 340 g/mol. The fourth-order valence-electron chi connectivity index (χ4n) is 3.15. The number of Topliss-reactive ketones (excluding diaryl/α,β-unsaturated/α-hetero) is 1. The van der Waals surface area contributed by atoms with Gasteiger partial charge in [0.05, 0.1) is 0 Å². The molecule has 2 amide bonds. The molecule has 2 aromatic carbocycles. The van der Waals surface area contributed by atoms with Crippen molar-refractivity contribution in [2.24, 2.45) is 5.92 Å². The lowest BCUT2D eigenvalue weighted by Gasteiger charge is -2.30. The summed E-state index contributed by atoms with van der Waals surface area (Å²) in [5.74, 6) is 0.422. The monoisotopic (exact) mass is 364 g/mol. The van der Waals surface area contributed by atoms with Crippen LogP contribution in [0.4, 0.5) is 5.69 Å². The molecule has 1 aliphatic rings. The summed E-state index contributed by atoms with van der Waals surface area (Å²) < 4.78 is 0. The van der Waals surface area contributed by atoms with Crippen molar-refractivity contribution >= 4 is 23.3 Å². The second-order valence-corrected chi connectivity index (χ2v) is 7.14. The van der Waals surface area contributed by atoms with E-state index in [1.54, 1.807) is 48.5 Å². The van der Waals surface area contributed by atoms with Crippen LogP contribution >= 0.6 is 0 Å². The number of amides is 2. The Bertz CT molecular complexity index is 833. The highest BCUT2D eigenvalue weighted by molar-refractivity contribution is 6.05. The van der Waals surface area contributed by atoms with Crippen LogP contribution in [0.15, 0.2) is 48.5 Å². The zero-order valence-corrected chi connectivity index (χ0v) is 15.7. The molecule has 140 valence electrons. The van der Waals surface area contributed by atoms with E-state index in [2.05, 4.69) is 12.2 Å². The molecule has 1 N–H and O–H groups in total. The molecule has 0 aromatic heterocycles. The van der Waals surface area contributed by atoms with E-state index in [1.807, 2.05) is 4.90 Å². The van der Waals surface area contributed by atoms with Gasteiger partial charge in [0, 0.05) is 35.5 Å². The van der Waals surface area contributed by atoms with Gasteiger partial charge in [0.15, 0.2) is 5.78 Å². The van der Waals surface area contributed by atoms with E-state index in [0.29, 0.717) is 28.3 Å². The Hall–Kier alpha value is -2.95. The van der Waals surface area contributed by atoms with Crippen molar-refractivity contribution in [2.75, 3.05) is 18.4 Å². The zero-order chi connectivity index (χ0) is 19.4. The van der Waals surface area contributed by atoms with E-state index in [0.717, 1.165) is 25.9 Å². The van der Waals surface area contributed by atoms with Crippen molar-refractivity contribution in [1.29, 1.82) is 0 Å². The molecule has 1 aliphatic heterocycles. The van der Waals surface area contributed by atoms with Gasteiger partial charge in [-0.1, -0.05) is 6.92 Å². The van der Waals surface area contributed by atoms with Crippen LogP contribution in [0.5, 0.6) is 0 Å². The Morgan fingerprint density at radius 2 is 1.37 bits per heavy atom. The maximum Gasteiger partial charge on any atom is 0.255 e. The summed E-state index contributed by atoms with van der Waals surface area (Å²) in [7, 11) is 0. The lowest BCUT2D eigenvalue weighted by Crippen LogP contribution is -2.37. The minimum Gasteiger partial charge on any atom is -0.339 e. The van der Waals surface area contributed by atoms with Gasteiger partial charge >= 0.3 is 0 Å². The SMILES string of the molecule is CC(=O)c1ccc(NC(=O)c2ccc(C(=O)N3CCC(C)CC3)cc2)cc1. The summed E-state index contributed by atoms with van der Waals surface area (Å²) in [6.07, 6.45) is 2.07. The highest BCUT2D eigenvalue weighted by Gasteiger charge is 2.21. The normalized spacial score (nSPS) is 14.7. The zero-order valence-electron chi connectivity index (χ0n) is 15.7. The third-order valence-electron chi connectivity index (χ3n) is 5.01. The summed E-state index contributed by atoms with van der Waals surface area (Å²) in [6.45, 7) is 5.29. The predicted molar refractivity (Wildman–Crippen MR) is 105 cm³/mol. The van der Waals surface area contributed by atoms with Gasteiger partial charge in [0.1, 0.15) is 0 Å². The Kier molecular flexibility index (Phi) is 5.69. The number of anilines is 1. The average molecular weight is 364 g/mol. The standard InChI is InChI=1S/C22H24N2O3/c1-15-11-13-24(14-12-15)22(27)19-5-3-18(4-6-19)21(26)23-20-9-7-17(8-10-20)16(2)25/h3-10,15H,11-14H2,1-2H3,(H,23,26). The quantitative estimate of drug-likeness (QED) is 0.834. The van der Waals surface area contributed by atoms with Crippen LogP contribution in [-0.2, 0) is 0 Å². The van der Waals surface area contributed by atoms with Crippen molar-refractivity contribution < 1.29 is 14.4 Å². The van der Waals surface area contributed by atoms with Crippen molar-refractivity contribution in [2.45, 2.75) is 26.7 Å². The largest absolute Gasteiger partial charge is 0.339 e. The minimum absolute atomic E-state index is 0.0173. The molecule has 0 unspecified atom stereocenters. The molecule has 5 heteroatoms. The Morgan fingerprint density at radius 3 is 1.93 bits per heavy atom. The molecule has 27 heavy (non-hydrogen) atoms. The first-order chi connectivity index (χ1) is 12.9. The number of hydrogen-bond acceptors (Lipinski definition) is 3. The lowest BCUT2D eigenvalue weighted by atomic mass is 9.98. The topological polar surface area (TPSA) is 66.5 Å². The highest BCUT2D eigenvalue weighted by atomic mass is 16.2. The minimum atomic E-state index is -0.253. The molecule has 0 radical (unpaired) electrons. The summed E-state index contributed by atoms with van der Waals surface area (Å²) in [5, 5.41) is 2.80. The van der Waals surface area contributed by atoms with E-state index >= 15 is 0 Å². The van der Waals surface area contributed by atoms with Crippen LogP contribution in [0, 0.1) is 5.92 Å². The lowest BCUT2D eigenvalue weighted by molar-refractivity contribution is 0.0696. The number of benzene rings is 2. The van der Waals surface area contributed by atoms with Crippen molar-refractivity contribution in [3.63, 3.8) is 0 Å². The first-order valence-corrected chi connectivity index (χ1v) is 9.26. The van der Waals surface area contributed by atoms with Gasteiger partial charge in [-0.15, -0.1) is 0 Å². The maximum atomic E-state index is 12.6. The molecule has 1 fully saturated rings. The van der Waals surface area contributed by atoms with E-state index in [9.17, 15) is 14.4 Å². The number of nitrogens with one attached hydrogen (secondary N) is 1.